The summed E-state index contributed by atoms with van der Waals surface area (Å²) in [7, 11) is 0. The van der Waals surface area contributed by atoms with Crippen molar-refractivity contribution in [2.24, 2.45) is 5.41 Å². The lowest BCUT2D eigenvalue weighted by molar-refractivity contribution is -0.143. The zero-order chi connectivity index (χ0) is 30.8. The number of hydrogen-bond donors (Lipinski definition) is 1. The molecule has 0 fully saturated rings. The minimum absolute atomic E-state index is 0.0694. The molecule has 0 saturated carbocycles. The first-order valence-electron chi connectivity index (χ1n) is 14.3. The van der Waals surface area contributed by atoms with E-state index in [9.17, 15) is 14.7 Å². The molecule has 1 amide bonds. The van der Waals surface area contributed by atoms with Crippen LogP contribution < -0.4 is 4.74 Å². The summed E-state index contributed by atoms with van der Waals surface area (Å²) in [6.45, 7) is 14.4. The molecule has 0 bridgehead atoms. The van der Waals surface area contributed by atoms with Gasteiger partial charge in [-0.1, -0.05) is 49.7 Å². The fraction of sp³-hybridized carbons (Fsp3) is 0.516. The fourth-order valence-electron chi connectivity index (χ4n) is 6.01. The molecule has 3 aromatic rings. The van der Waals surface area contributed by atoms with Crippen LogP contribution in [0.4, 0.5) is 4.79 Å². The number of hydrogen-bond acceptors (Lipinski definition) is 8. The Morgan fingerprint density at radius 1 is 1.26 bits per heavy atom. The van der Waals surface area contributed by atoms with Gasteiger partial charge in [0.25, 0.3) is 5.89 Å². The number of aromatic nitrogens is 3. The van der Waals surface area contributed by atoms with E-state index < -0.39 is 17.0 Å². The molecule has 0 saturated heterocycles. The maximum atomic E-state index is 12.6. The molecule has 4 rings (SSSR count). The smallest absolute Gasteiger partial charge is 0.408 e. The lowest BCUT2D eigenvalue weighted by Gasteiger charge is -2.55. The summed E-state index contributed by atoms with van der Waals surface area (Å²) in [5.74, 6) is 0.735. The van der Waals surface area contributed by atoms with E-state index in [4.69, 9.17) is 25.6 Å². The van der Waals surface area contributed by atoms with Crippen molar-refractivity contribution in [2.45, 2.75) is 85.8 Å². The Morgan fingerprint density at radius 3 is 2.62 bits per heavy atom. The minimum atomic E-state index is -0.978. The van der Waals surface area contributed by atoms with Crippen LogP contribution in [0.5, 0.6) is 5.88 Å². The number of carbonyl (C=O) groups is 2. The van der Waals surface area contributed by atoms with Crippen molar-refractivity contribution < 1.29 is 28.7 Å². The molecule has 10 nitrogen and oxygen atoms in total. The third-order valence-electron chi connectivity index (χ3n) is 7.86. The van der Waals surface area contributed by atoms with Crippen LogP contribution in [0.1, 0.15) is 77.5 Å². The maximum absolute atomic E-state index is 12.6. The van der Waals surface area contributed by atoms with Crippen LogP contribution >= 0.6 is 11.6 Å². The second-order valence-electron chi connectivity index (χ2n) is 11.8. The van der Waals surface area contributed by atoms with Crippen molar-refractivity contribution in [1.82, 2.24) is 20.0 Å². The first-order valence-corrected chi connectivity index (χ1v) is 14.6. The highest BCUT2D eigenvalue weighted by molar-refractivity contribution is 6.32. The number of esters is 1. The molecular formula is C31H39ClN4O6. The summed E-state index contributed by atoms with van der Waals surface area (Å²) in [4.78, 5) is 35.2. The van der Waals surface area contributed by atoms with Crippen molar-refractivity contribution in [2.75, 3.05) is 13.2 Å². The van der Waals surface area contributed by atoms with Gasteiger partial charge in [-0.2, -0.15) is 4.98 Å². The fourth-order valence-corrected chi connectivity index (χ4v) is 6.22. The van der Waals surface area contributed by atoms with Crippen molar-refractivity contribution in [1.29, 1.82) is 0 Å². The van der Waals surface area contributed by atoms with E-state index in [-0.39, 0.29) is 24.4 Å². The Labute approximate surface area is 251 Å². The summed E-state index contributed by atoms with van der Waals surface area (Å²) >= 11 is 6.37. The van der Waals surface area contributed by atoms with Crippen molar-refractivity contribution >= 4 is 23.7 Å². The number of nitrogens with zero attached hydrogens (tertiary/aromatic N) is 4. The molecule has 2 aromatic heterocycles. The molecule has 0 aliphatic carbocycles. The lowest BCUT2D eigenvalue weighted by Crippen LogP contribution is -2.59. The molecule has 1 unspecified atom stereocenters. The highest BCUT2D eigenvalue weighted by Gasteiger charge is 2.53. The summed E-state index contributed by atoms with van der Waals surface area (Å²) in [5, 5.41) is 14.9. The number of carboxylic acid groups (broad SMARTS) is 1. The first-order chi connectivity index (χ1) is 19.8. The molecule has 1 aliphatic rings. The molecular weight excluding hydrogens is 560 g/mol. The Kier molecular flexibility index (Phi) is 9.15. The Hall–Kier alpha value is -3.66. The molecule has 226 valence electrons. The van der Waals surface area contributed by atoms with E-state index in [0.717, 1.165) is 22.3 Å². The number of fused-ring (bicyclic) bond motifs is 1. The van der Waals surface area contributed by atoms with Gasteiger partial charge in [0.1, 0.15) is 5.02 Å². The number of amides is 1. The third kappa shape index (κ3) is 5.95. The van der Waals surface area contributed by atoms with Gasteiger partial charge >= 0.3 is 12.1 Å². The summed E-state index contributed by atoms with van der Waals surface area (Å²) in [5.41, 5.74) is 2.99. The van der Waals surface area contributed by atoms with E-state index in [2.05, 4.69) is 15.1 Å². The third-order valence-corrected chi connectivity index (χ3v) is 8.13. The summed E-state index contributed by atoms with van der Waals surface area (Å²) in [6, 6.07) is 5.58. The van der Waals surface area contributed by atoms with E-state index in [1.165, 1.54) is 0 Å². The summed E-state index contributed by atoms with van der Waals surface area (Å²) in [6.07, 6.45) is 2.26. The molecule has 3 heterocycles. The largest absolute Gasteiger partial charge is 0.474 e. The van der Waals surface area contributed by atoms with Crippen LogP contribution in [0.3, 0.4) is 0 Å². The van der Waals surface area contributed by atoms with Crippen molar-refractivity contribution in [3.8, 4) is 28.7 Å². The van der Waals surface area contributed by atoms with Crippen molar-refractivity contribution in [3.05, 3.63) is 46.1 Å². The van der Waals surface area contributed by atoms with Gasteiger partial charge < -0.3 is 19.1 Å². The van der Waals surface area contributed by atoms with Gasteiger partial charge in [0.2, 0.25) is 11.7 Å². The molecule has 0 radical (unpaired) electrons. The molecule has 1 aliphatic heterocycles. The van der Waals surface area contributed by atoms with Crippen LogP contribution in [0, 0.1) is 12.3 Å². The number of pyridine rings is 1. The average molecular weight is 599 g/mol. The number of ether oxygens (including phenoxy) is 2. The molecule has 42 heavy (non-hydrogen) atoms. The highest BCUT2D eigenvalue weighted by Crippen LogP contribution is 2.52. The zero-order valence-corrected chi connectivity index (χ0v) is 26.0. The molecule has 1 aromatic carbocycles. The highest BCUT2D eigenvalue weighted by atomic mass is 35.5. The molecule has 1 atom stereocenters. The zero-order valence-electron chi connectivity index (χ0n) is 25.3. The van der Waals surface area contributed by atoms with Crippen molar-refractivity contribution in [3.63, 3.8) is 0 Å². The number of rotatable bonds is 9. The Bertz CT molecular complexity index is 1460. The molecule has 0 spiro atoms. The summed E-state index contributed by atoms with van der Waals surface area (Å²) < 4.78 is 16.3. The predicted molar refractivity (Wildman–Crippen MR) is 159 cm³/mol. The number of halogens is 1. The van der Waals surface area contributed by atoms with Crippen LogP contribution in [0.15, 0.2) is 28.9 Å². The van der Waals surface area contributed by atoms with E-state index in [1.807, 2.05) is 53.7 Å². The molecule has 11 heteroatoms. The maximum Gasteiger partial charge on any atom is 0.408 e. The first kappa shape index (κ1) is 31.3. The van der Waals surface area contributed by atoms with Crippen LogP contribution in [0.25, 0.3) is 22.8 Å². The SMILES string of the molecule is CCOC(=O)CCCC1(C(C)(C)C)c2ccc(-c3noc(-c4cnc(OC(C)C)c(Cl)c4)n3)c(C)c2CCN1C(=O)O. The van der Waals surface area contributed by atoms with E-state index in [1.54, 1.807) is 24.1 Å². The second kappa shape index (κ2) is 12.3. The second-order valence-corrected chi connectivity index (χ2v) is 12.2. The standard InChI is InChI=1S/C31H39ClN4O6/c1-8-40-25(37)10-9-14-31(30(5,6)7)23-12-11-22(19(4)21(23)13-15-36(31)29(38)39)26-34-27(42-35-26)20-16-24(32)28(33-17-20)41-18(2)3/h11-12,16-18H,8-10,13-15H2,1-7H3,(H,38,39). The van der Waals surface area contributed by atoms with Gasteiger partial charge in [-0.05, 0) is 75.1 Å². The van der Waals surface area contributed by atoms with Gasteiger partial charge in [0.05, 0.1) is 23.8 Å². The van der Waals surface area contributed by atoms with Gasteiger partial charge in [-0.15, -0.1) is 0 Å². The topological polar surface area (TPSA) is 128 Å². The van der Waals surface area contributed by atoms with Gasteiger partial charge in [-0.25, -0.2) is 9.78 Å². The van der Waals surface area contributed by atoms with Gasteiger partial charge in [0.15, 0.2) is 0 Å². The van der Waals surface area contributed by atoms with Gasteiger partial charge in [0, 0.05) is 24.7 Å². The monoisotopic (exact) mass is 598 g/mol. The predicted octanol–water partition coefficient (Wildman–Crippen LogP) is 7.06. The minimum Gasteiger partial charge on any atom is -0.474 e. The lowest BCUT2D eigenvalue weighted by atomic mass is 9.62. The molecule has 1 N–H and O–H groups in total. The Morgan fingerprint density at radius 2 is 2.00 bits per heavy atom. The van der Waals surface area contributed by atoms with Crippen LogP contribution in [-0.4, -0.2) is 56.4 Å². The normalized spacial score (nSPS) is 16.8. The average Bonchev–Trinajstić information content (AvgIpc) is 3.39. The number of benzene rings is 1. The van der Waals surface area contributed by atoms with Gasteiger partial charge in [-0.3, -0.25) is 9.69 Å². The van der Waals surface area contributed by atoms with E-state index in [0.29, 0.717) is 54.7 Å². The van der Waals surface area contributed by atoms with E-state index >= 15 is 0 Å². The quantitative estimate of drug-likeness (QED) is 0.257. The number of carbonyl (C=O) groups excluding carboxylic acids is 1. The Balaban J connectivity index is 1.73. The van der Waals surface area contributed by atoms with Crippen LogP contribution in [0.2, 0.25) is 5.02 Å². The van der Waals surface area contributed by atoms with Crippen LogP contribution in [-0.2, 0) is 21.5 Å².